The highest BCUT2D eigenvalue weighted by Crippen LogP contribution is 2.23. The van der Waals surface area contributed by atoms with Gasteiger partial charge in [-0.25, -0.2) is 12.8 Å². The maximum absolute atomic E-state index is 13.5. The number of halogens is 1. The predicted octanol–water partition coefficient (Wildman–Crippen LogP) is 2.34. The van der Waals surface area contributed by atoms with Gasteiger partial charge in [-0.2, -0.15) is 0 Å². The summed E-state index contributed by atoms with van der Waals surface area (Å²) in [6.45, 7) is 2.36. The van der Waals surface area contributed by atoms with E-state index in [9.17, 15) is 17.6 Å². The second kappa shape index (κ2) is 7.46. The molecule has 1 heterocycles. The number of carbonyl (C=O) groups excluding carboxylic acids is 1. The van der Waals surface area contributed by atoms with Crippen molar-refractivity contribution in [1.29, 1.82) is 0 Å². The Balaban J connectivity index is 1.87. The van der Waals surface area contributed by atoms with E-state index in [4.69, 9.17) is 0 Å². The highest BCUT2D eigenvalue weighted by atomic mass is 32.2. The van der Waals surface area contributed by atoms with Crippen molar-refractivity contribution in [1.82, 2.24) is 4.90 Å². The van der Waals surface area contributed by atoms with Crippen LogP contribution in [0.1, 0.15) is 19.8 Å². The molecule has 1 aliphatic heterocycles. The number of carbonyl (C=O) groups is 1. The molecule has 0 aromatic heterocycles. The first-order valence-electron chi connectivity index (χ1n) is 7.30. The Morgan fingerprint density at radius 3 is 2.73 bits per heavy atom. The van der Waals surface area contributed by atoms with Crippen LogP contribution in [0.4, 0.5) is 4.39 Å². The minimum Gasteiger partial charge on any atom is -0.339 e. The number of hydrogen-bond donors (Lipinski definition) is 0. The van der Waals surface area contributed by atoms with Crippen LogP contribution >= 0.6 is 11.8 Å². The van der Waals surface area contributed by atoms with Crippen molar-refractivity contribution in [3.05, 3.63) is 30.1 Å². The summed E-state index contributed by atoms with van der Waals surface area (Å²) < 4.78 is 36.6. The molecule has 22 heavy (non-hydrogen) atoms. The molecule has 2 rings (SSSR count). The Labute approximate surface area is 135 Å². The third-order valence-electron chi connectivity index (χ3n) is 3.72. The molecule has 1 saturated heterocycles. The zero-order valence-corrected chi connectivity index (χ0v) is 14.1. The first-order valence-corrected chi connectivity index (χ1v) is 10.1. The van der Waals surface area contributed by atoms with Gasteiger partial charge in [0.1, 0.15) is 5.82 Å². The molecule has 4 nitrogen and oxygen atoms in total. The molecular formula is C15H20FNO3S2. The van der Waals surface area contributed by atoms with Gasteiger partial charge < -0.3 is 4.90 Å². The van der Waals surface area contributed by atoms with Crippen molar-refractivity contribution in [3.63, 3.8) is 0 Å². The second-order valence-corrected chi connectivity index (χ2v) is 8.63. The summed E-state index contributed by atoms with van der Waals surface area (Å²) in [6.07, 6.45) is 0.797. The summed E-state index contributed by atoms with van der Waals surface area (Å²) in [6, 6.07) is 6.26. The summed E-state index contributed by atoms with van der Waals surface area (Å²) in [5.74, 6) is 0.358. The molecule has 1 atom stereocenters. The number of nitrogens with zero attached hydrogens (tertiary/aromatic N) is 1. The molecule has 1 aromatic rings. The topological polar surface area (TPSA) is 54.5 Å². The van der Waals surface area contributed by atoms with Crippen LogP contribution in [0.3, 0.4) is 0 Å². The lowest BCUT2D eigenvalue weighted by Gasteiger charge is -2.26. The van der Waals surface area contributed by atoms with Gasteiger partial charge in [0, 0.05) is 29.7 Å². The Morgan fingerprint density at radius 1 is 1.41 bits per heavy atom. The van der Waals surface area contributed by atoms with E-state index < -0.39 is 9.84 Å². The van der Waals surface area contributed by atoms with Crippen LogP contribution in [0.15, 0.2) is 29.2 Å². The van der Waals surface area contributed by atoms with Crippen LogP contribution < -0.4 is 0 Å². The van der Waals surface area contributed by atoms with Crippen LogP contribution in [0.25, 0.3) is 0 Å². The van der Waals surface area contributed by atoms with Gasteiger partial charge in [-0.1, -0.05) is 12.1 Å². The lowest BCUT2D eigenvalue weighted by Crippen LogP contribution is -2.41. The SMILES string of the molecule is CCN(C(=O)CCSc1ccccc1F)[C@@H]1CCS(=O)(=O)C1. The van der Waals surface area contributed by atoms with Gasteiger partial charge in [-0.3, -0.25) is 4.79 Å². The van der Waals surface area contributed by atoms with E-state index >= 15 is 0 Å². The summed E-state index contributed by atoms with van der Waals surface area (Å²) in [7, 11) is -3.00. The molecular weight excluding hydrogens is 325 g/mol. The second-order valence-electron chi connectivity index (χ2n) is 5.27. The number of sulfone groups is 1. The largest absolute Gasteiger partial charge is 0.339 e. The third kappa shape index (κ3) is 4.46. The van der Waals surface area contributed by atoms with Crippen molar-refractivity contribution >= 4 is 27.5 Å². The molecule has 1 amide bonds. The highest BCUT2D eigenvalue weighted by molar-refractivity contribution is 7.99. The van der Waals surface area contributed by atoms with Crippen molar-refractivity contribution in [2.45, 2.75) is 30.7 Å². The van der Waals surface area contributed by atoms with Crippen molar-refractivity contribution < 1.29 is 17.6 Å². The fourth-order valence-electron chi connectivity index (χ4n) is 2.61. The molecule has 0 unspecified atom stereocenters. The van der Waals surface area contributed by atoms with Crippen LogP contribution in [0.2, 0.25) is 0 Å². The van der Waals surface area contributed by atoms with E-state index in [2.05, 4.69) is 0 Å². The van der Waals surface area contributed by atoms with E-state index in [-0.39, 0.29) is 35.7 Å². The van der Waals surface area contributed by atoms with E-state index in [1.807, 2.05) is 6.92 Å². The molecule has 1 aliphatic rings. The number of rotatable bonds is 6. The zero-order valence-electron chi connectivity index (χ0n) is 12.5. The average molecular weight is 345 g/mol. The van der Waals surface area contributed by atoms with Crippen LogP contribution in [0, 0.1) is 5.82 Å². The first kappa shape index (κ1) is 17.3. The minimum absolute atomic E-state index is 0.0616. The van der Waals surface area contributed by atoms with E-state index in [0.717, 1.165) is 0 Å². The monoisotopic (exact) mass is 345 g/mol. The standard InChI is InChI=1S/C15H20FNO3S2/c1-2-17(12-8-10-22(19,20)11-12)15(18)7-9-21-14-6-4-3-5-13(14)16/h3-6,12H,2,7-11H2,1H3/t12-/m1/s1. The maximum atomic E-state index is 13.5. The molecule has 0 saturated carbocycles. The average Bonchev–Trinajstić information content (AvgIpc) is 2.82. The molecule has 0 aliphatic carbocycles. The zero-order chi connectivity index (χ0) is 16.2. The van der Waals surface area contributed by atoms with Gasteiger partial charge in [-0.05, 0) is 25.5 Å². The molecule has 0 N–H and O–H groups in total. The minimum atomic E-state index is -3.00. The quantitative estimate of drug-likeness (QED) is 0.743. The van der Waals surface area contributed by atoms with E-state index in [1.165, 1.54) is 17.8 Å². The summed E-state index contributed by atoms with van der Waals surface area (Å²) >= 11 is 1.30. The molecule has 0 spiro atoms. The number of thioether (sulfide) groups is 1. The molecule has 0 radical (unpaired) electrons. The van der Waals surface area contributed by atoms with Crippen LogP contribution in [0.5, 0.6) is 0 Å². The first-order chi connectivity index (χ1) is 10.4. The van der Waals surface area contributed by atoms with Crippen LogP contribution in [-0.2, 0) is 14.6 Å². The Morgan fingerprint density at radius 2 is 2.14 bits per heavy atom. The number of hydrogen-bond acceptors (Lipinski definition) is 4. The Kier molecular flexibility index (Phi) is 5.86. The van der Waals surface area contributed by atoms with E-state index in [0.29, 0.717) is 23.6 Å². The van der Waals surface area contributed by atoms with Gasteiger partial charge >= 0.3 is 0 Å². The van der Waals surface area contributed by atoms with Crippen molar-refractivity contribution in [3.8, 4) is 0 Å². The fraction of sp³-hybridized carbons (Fsp3) is 0.533. The Bertz CT molecular complexity index is 633. The maximum Gasteiger partial charge on any atom is 0.223 e. The summed E-state index contributed by atoms with van der Waals surface area (Å²) in [5, 5.41) is 0. The van der Waals surface area contributed by atoms with Gasteiger partial charge in [0.05, 0.1) is 11.5 Å². The highest BCUT2D eigenvalue weighted by Gasteiger charge is 2.33. The summed E-state index contributed by atoms with van der Waals surface area (Å²) in [5.41, 5.74) is 0. The molecule has 7 heteroatoms. The normalized spacial score (nSPS) is 20.0. The van der Waals surface area contributed by atoms with Gasteiger partial charge in [0.2, 0.25) is 5.91 Å². The smallest absolute Gasteiger partial charge is 0.223 e. The van der Waals surface area contributed by atoms with E-state index in [1.54, 1.807) is 23.1 Å². The van der Waals surface area contributed by atoms with Crippen molar-refractivity contribution in [2.75, 3.05) is 23.8 Å². The summed E-state index contributed by atoms with van der Waals surface area (Å²) in [4.78, 5) is 14.4. The van der Waals surface area contributed by atoms with Gasteiger partial charge in [-0.15, -0.1) is 11.8 Å². The lowest BCUT2D eigenvalue weighted by atomic mass is 10.2. The van der Waals surface area contributed by atoms with Gasteiger partial charge in [0.15, 0.2) is 9.84 Å². The van der Waals surface area contributed by atoms with Crippen molar-refractivity contribution in [2.24, 2.45) is 0 Å². The lowest BCUT2D eigenvalue weighted by molar-refractivity contribution is -0.132. The number of benzene rings is 1. The Hall–Kier alpha value is -1.08. The fourth-order valence-corrected chi connectivity index (χ4v) is 5.22. The van der Waals surface area contributed by atoms with Crippen LogP contribution in [-0.4, -0.2) is 49.1 Å². The molecule has 1 aromatic carbocycles. The number of amides is 1. The molecule has 0 bridgehead atoms. The third-order valence-corrected chi connectivity index (χ3v) is 6.52. The molecule has 1 fully saturated rings. The predicted molar refractivity (Wildman–Crippen MR) is 86.2 cm³/mol. The molecule has 122 valence electrons. The van der Waals surface area contributed by atoms with Gasteiger partial charge in [0.25, 0.3) is 0 Å².